The van der Waals surface area contributed by atoms with Crippen molar-refractivity contribution in [3.63, 3.8) is 0 Å². The molecule has 0 saturated heterocycles. The molecule has 0 atom stereocenters. The Morgan fingerprint density at radius 1 is 1.00 bits per heavy atom. The minimum absolute atomic E-state index is 0.185. The molecule has 0 aliphatic heterocycles. The van der Waals surface area contributed by atoms with E-state index in [0.717, 1.165) is 12.5 Å². The van der Waals surface area contributed by atoms with Crippen LogP contribution in [-0.4, -0.2) is 11.7 Å². The van der Waals surface area contributed by atoms with Gasteiger partial charge in [-0.3, -0.25) is 0 Å². The molecule has 0 radical (unpaired) electrons. The van der Waals surface area contributed by atoms with Gasteiger partial charge in [-0.25, -0.2) is 8.78 Å². The molecule has 1 N–H and O–H groups in total. The number of hydrogen-bond donors (Lipinski definition) is 1. The van der Waals surface area contributed by atoms with Crippen LogP contribution in [0.1, 0.15) is 13.3 Å². The van der Waals surface area contributed by atoms with Crippen LogP contribution in [0.25, 0.3) is 11.1 Å². The zero-order chi connectivity index (χ0) is 13.8. The van der Waals surface area contributed by atoms with E-state index in [1.54, 1.807) is 6.07 Å². The summed E-state index contributed by atoms with van der Waals surface area (Å²) in [5.41, 5.74) is 1.02. The number of phenolic OH excluding ortho intramolecular Hbond substituents is 1. The largest absolute Gasteiger partial charge is 0.505 e. The van der Waals surface area contributed by atoms with E-state index in [4.69, 9.17) is 9.84 Å². The topological polar surface area (TPSA) is 29.5 Å². The van der Waals surface area contributed by atoms with Gasteiger partial charge < -0.3 is 9.84 Å². The van der Waals surface area contributed by atoms with Gasteiger partial charge in [0.15, 0.2) is 23.1 Å². The molecule has 0 aliphatic carbocycles. The van der Waals surface area contributed by atoms with Crippen LogP contribution in [0.3, 0.4) is 0 Å². The summed E-state index contributed by atoms with van der Waals surface area (Å²) in [4.78, 5) is 0. The van der Waals surface area contributed by atoms with E-state index in [9.17, 15) is 8.78 Å². The molecule has 4 heteroatoms. The van der Waals surface area contributed by atoms with Gasteiger partial charge in [0, 0.05) is 0 Å². The van der Waals surface area contributed by atoms with Crippen molar-refractivity contribution in [2.75, 3.05) is 6.61 Å². The van der Waals surface area contributed by atoms with Gasteiger partial charge in [-0.05, 0) is 41.8 Å². The van der Waals surface area contributed by atoms with Crippen LogP contribution in [0, 0.1) is 11.6 Å². The van der Waals surface area contributed by atoms with Crippen molar-refractivity contribution < 1.29 is 18.6 Å². The minimum Gasteiger partial charge on any atom is -0.505 e. The molecule has 0 fully saturated rings. The Morgan fingerprint density at radius 3 is 2.21 bits per heavy atom. The number of halogens is 2. The summed E-state index contributed by atoms with van der Waals surface area (Å²) >= 11 is 0. The van der Waals surface area contributed by atoms with E-state index in [0.29, 0.717) is 17.7 Å². The summed E-state index contributed by atoms with van der Waals surface area (Å²) in [6, 6.07) is 8.39. The van der Waals surface area contributed by atoms with Gasteiger partial charge in [0.25, 0.3) is 0 Å². The van der Waals surface area contributed by atoms with Crippen molar-refractivity contribution in [2.45, 2.75) is 13.3 Å². The molecule has 0 unspecified atom stereocenters. The number of hydrogen-bond acceptors (Lipinski definition) is 2. The fraction of sp³-hybridized carbons (Fsp3) is 0.200. The van der Waals surface area contributed by atoms with Crippen LogP contribution in [0.4, 0.5) is 8.78 Å². The maximum Gasteiger partial charge on any atom is 0.165 e. The highest BCUT2D eigenvalue weighted by Crippen LogP contribution is 2.28. The van der Waals surface area contributed by atoms with Crippen LogP contribution >= 0.6 is 0 Å². The second-order valence-corrected chi connectivity index (χ2v) is 4.16. The Balaban J connectivity index is 2.30. The average Bonchev–Trinajstić information content (AvgIpc) is 2.40. The highest BCUT2D eigenvalue weighted by molar-refractivity contribution is 5.65. The molecule has 2 nitrogen and oxygen atoms in total. The van der Waals surface area contributed by atoms with Gasteiger partial charge in [-0.1, -0.05) is 19.1 Å². The number of benzene rings is 2. The maximum atomic E-state index is 13.8. The molecule has 100 valence electrons. The van der Waals surface area contributed by atoms with Gasteiger partial charge in [0.2, 0.25) is 0 Å². The first-order chi connectivity index (χ1) is 9.11. The number of rotatable bonds is 4. The van der Waals surface area contributed by atoms with Crippen molar-refractivity contribution in [3.05, 3.63) is 48.0 Å². The van der Waals surface area contributed by atoms with Crippen LogP contribution in [-0.2, 0) is 0 Å². The Kier molecular flexibility index (Phi) is 4.00. The highest BCUT2D eigenvalue weighted by atomic mass is 19.1. The Bertz CT molecular complexity index is 582. The molecule has 0 saturated carbocycles. The Hall–Kier alpha value is -2.10. The molecule has 2 aromatic carbocycles. The molecule has 0 aliphatic rings. The SMILES string of the molecule is CCCOc1ccc(-c2ccc(O)c(F)c2)cc1F. The molecular weight excluding hydrogens is 250 g/mol. The summed E-state index contributed by atoms with van der Waals surface area (Å²) in [5, 5.41) is 9.12. The lowest BCUT2D eigenvalue weighted by molar-refractivity contribution is 0.301. The van der Waals surface area contributed by atoms with Gasteiger partial charge in [-0.2, -0.15) is 0 Å². The fourth-order valence-electron chi connectivity index (χ4n) is 1.70. The molecule has 0 bridgehead atoms. The molecule has 0 spiro atoms. The molecule has 2 rings (SSSR count). The van der Waals surface area contributed by atoms with Crippen molar-refractivity contribution in [1.29, 1.82) is 0 Å². The van der Waals surface area contributed by atoms with Crippen molar-refractivity contribution in [2.24, 2.45) is 0 Å². The first kappa shape index (κ1) is 13.3. The number of phenols is 1. The standard InChI is InChI=1S/C15H14F2O2/c1-2-7-19-15-6-4-11(9-13(15)17)10-3-5-14(18)12(16)8-10/h3-6,8-9,18H,2,7H2,1H3. The fourth-order valence-corrected chi connectivity index (χ4v) is 1.70. The number of ether oxygens (including phenoxy) is 1. The third kappa shape index (κ3) is 3.02. The van der Waals surface area contributed by atoms with Crippen LogP contribution in [0.2, 0.25) is 0 Å². The van der Waals surface area contributed by atoms with E-state index in [-0.39, 0.29) is 5.75 Å². The third-order valence-electron chi connectivity index (χ3n) is 2.67. The maximum absolute atomic E-state index is 13.8. The van der Waals surface area contributed by atoms with E-state index in [1.807, 2.05) is 6.92 Å². The highest BCUT2D eigenvalue weighted by Gasteiger charge is 2.08. The van der Waals surface area contributed by atoms with Gasteiger partial charge in [0.1, 0.15) is 0 Å². The lowest BCUT2D eigenvalue weighted by Gasteiger charge is -2.08. The Labute approximate surface area is 110 Å². The van der Waals surface area contributed by atoms with E-state index in [1.165, 1.54) is 24.3 Å². The third-order valence-corrected chi connectivity index (χ3v) is 2.67. The smallest absolute Gasteiger partial charge is 0.165 e. The summed E-state index contributed by atoms with van der Waals surface area (Å²) in [7, 11) is 0. The second kappa shape index (κ2) is 5.69. The molecule has 2 aromatic rings. The molecule has 19 heavy (non-hydrogen) atoms. The first-order valence-corrected chi connectivity index (χ1v) is 6.03. The van der Waals surface area contributed by atoms with E-state index in [2.05, 4.69) is 0 Å². The zero-order valence-corrected chi connectivity index (χ0v) is 10.5. The molecule has 0 aromatic heterocycles. The van der Waals surface area contributed by atoms with Crippen LogP contribution < -0.4 is 4.74 Å². The normalized spacial score (nSPS) is 10.5. The summed E-state index contributed by atoms with van der Waals surface area (Å²) in [6.45, 7) is 2.38. The summed E-state index contributed by atoms with van der Waals surface area (Å²) < 4.78 is 32.2. The van der Waals surface area contributed by atoms with Crippen molar-refractivity contribution >= 4 is 0 Å². The Morgan fingerprint density at radius 2 is 1.63 bits per heavy atom. The molecule has 0 amide bonds. The average molecular weight is 264 g/mol. The van der Waals surface area contributed by atoms with Crippen molar-refractivity contribution in [3.8, 4) is 22.6 Å². The van der Waals surface area contributed by atoms with Crippen LogP contribution in [0.15, 0.2) is 36.4 Å². The van der Waals surface area contributed by atoms with Crippen LogP contribution in [0.5, 0.6) is 11.5 Å². The lowest BCUT2D eigenvalue weighted by Crippen LogP contribution is -1.97. The van der Waals surface area contributed by atoms with Gasteiger partial charge in [0.05, 0.1) is 6.61 Å². The summed E-state index contributed by atoms with van der Waals surface area (Å²) in [5.74, 6) is -1.46. The molecular formula is C15H14F2O2. The quantitative estimate of drug-likeness (QED) is 0.899. The number of aromatic hydroxyl groups is 1. The monoisotopic (exact) mass is 264 g/mol. The van der Waals surface area contributed by atoms with E-state index < -0.39 is 17.4 Å². The second-order valence-electron chi connectivity index (χ2n) is 4.16. The predicted octanol–water partition coefficient (Wildman–Crippen LogP) is 4.13. The van der Waals surface area contributed by atoms with Gasteiger partial charge >= 0.3 is 0 Å². The predicted molar refractivity (Wildman–Crippen MR) is 69.2 cm³/mol. The van der Waals surface area contributed by atoms with E-state index >= 15 is 0 Å². The lowest BCUT2D eigenvalue weighted by atomic mass is 10.1. The van der Waals surface area contributed by atoms with Crippen molar-refractivity contribution in [1.82, 2.24) is 0 Å². The zero-order valence-electron chi connectivity index (χ0n) is 10.5. The minimum atomic E-state index is -0.732. The first-order valence-electron chi connectivity index (χ1n) is 6.03. The van der Waals surface area contributed by atoms with Gasteiger partial charge in [-0.15, -0.1) is 0 Å². The summed E-state index contributed by atoms with van der Waals surface area (Å²) in [6.07, 6.45) is 0.796. The molecule has 0 heterocycles.